The van der Waals surface area contributed by atoms with Crippen LogP contribution in [-0.2, 0) is 35.1 Å². The Hall–Kier alpha value is -4.64. The molecule has 4 amide bonds. The van der Waals surface area contributed by atoms with Crippen molar-refractivity contribution in [1.29, 1.82) is 0 Å². The van der Waals surface area contributed by atoms with E-state index in [4.69, 9.17) is 25.4 Å². The second kappa shape index (κ2) is 17.0. The number of terminal acetylenes is 1. The summed E-state index contributed by atoms with van der Waals surface area (Å²) in [7, 11) is 1.42. The Bertz CT molecular complexity index is 1540. The van der Waals surface area contributed by atoms with E-state index in [0.29, 0.717) is 6.42 Å². The summed E-state index contributed by atoms with van der Waals surface area (Å²) in [6.07, 6.45) is 4.73. The summed E-state index contributed by atoms with van der Waals surface area (Å²) in [6.45, 7) is 8.57. The van der Waals surface area contributed by atoms with Gasteiger partial charge >= 0.3 is 12.2 Å². The van der Waals surface area contributed by atoms with Crippen molar-refractivity contribution in [2.24, 2.45) is 5.92 Å². The molecule has 0 aromatic heterocycles. The summed E-state index contributed by atoms with van der Waals surface area (Å²) in [5, 5.41) is 2.76. The van der Waals surface area contributed by atoms with E-state index in [0.717, 1.165) is 16.5 Å². The van der Waals surface area contributed by atoms with Crippen molar-refractivity contribution in [3.05, 3.63) is 59.4 Å². The zero-order valence-electron chi connectivity index (χ0n) is 30.0. The normalized spacial score (nSPS) is 21.9. The van der Waals surface area contributed by atoms with Gasteiger partial charge in [0.15, 0.2) is 5.83 Å². The Balaban J connectivity index is 1.56. The van der Waals surface area contributed by atoms with Crippen molar-refractivity contribution < 1.29 is 46.9 Å². The topological polar surface area (TPSA) is 127 Å². The fourth-order valence-corrected chi connectivity index (χ4v) is 6.37. The maximum atomic E-state index is 14.5. The second-order valence-electron chi connectivity index (χ2n) is 14.0. The van der Waals surface area contributed by atoms with Crippen molar-refractivity contribution >= 4 is 24.0 Å². The van der Waals surface area contributed by atoms with Crippen LogP contribution in [0.15, 0.2) is 53.8 Å². The minimum Gasteiger partial charge on any atom is -0.497 e. The average molecular weight is 715 g/mol. The summed E-state index contributed by atoms with van der Waals surface area (Å²) < 4.78 is 50.4. The van der Waals surface area contributed by atoms with E-state index in [1.807, 2.05) is 30.3 Å². The lowest BCUT2D eigenvalue weighted by molar-refractivity contribution is -0.142. The number of allylic oxidation sites excluding steroid dienone is 4. The van der Waals surface area contributed by atoms with Crippen molar-refractivity contribution in [2.45, 2.75) is 96.4 Å². The van der Waals surface area contributed by atoms with Crippen LogP contribution < -0.4 is 5.32 Å². The standard InChI is InChI=1S/C37H48F2N4O8/c1-8-18-48-24(3)31(40-33(44)23(2)41(7)35(46)51-37(4,5)6)34(45)42-17-16-30-32(42)26(22-49-27-14-15-28(38)29(39)19-27)20-43(30)36(47)50-21-25-12-10-9-11-13-25/h1,9-13,19,23-24,26,30-32H,14-18,20-22H2,2-7H3,(H,40,44)/t23-,24+,26+,30+,31-,32+/m0/s1. The highest BCUT2D eigenvalue weighted by Crippen LogP contribution is 2.38. The number of nitrogens with zero attached hydrogens (tertiary/aromatic N) is 3. The molecule has 51 heavy (non-hydrogen) atoms. The van der Waals surface area contributed by atoms with Gasteiger partial charge in [0.2, 0.25) is 11.8 Å². The summed E-state index contributed by atoms with van der Waals surface area (Å²) in [6, 6.07) is 5.96. The summed E-state index contributed by atoms with van der Waals surface area (Å²) >= 11 is 0. The Morgan fingerprint density at radius 1 is 1.10 bits per heavy atom. The molecule has 1 aromatic rings. The van der Waals surface area contributed by atoms with Crippen LogP contribution in [0, 0.1) is 18.3 Å². The van der Waals surface area contributed by atoms with Crippen LogP contribution in [0.1, 0.15) is 59.4 Å². The maximum Gasteiger partial charge on any atom is 0.410 e. The van der Waals surface area contributed by atoms with E-state index in [2.05, 4.69) is 11.2 Å². The molecular formula is C37H48F2N4O8. The number of carbonyl (C=O) groups is 4. The smallest absolute Gasteiger partial charge is 0.410 e. The molecule has 0 radical (unpaired) electrons. The van der Waals surface area contributed by atoms with Crippen molar-refractivity contribution in [3.63, 3.8) is 0 Å². The van der Waals surface area contributed by atoms with Gasteiger partial charge in [0.25, 0.3) is 0 Å². The van der Waals surface area contributed by atoms with Crippen LogP contribution in [0.2, 0.25) is 0 Å². The predicted molar refractivity (Wildman–Crippen MR) is 183 cm³/mol. The SMILES string of the molecule is C#CCO[C@H](C)[C@H](NC(=O)[C@H](C)N(C)C(=O)OC(C)(C)C)C(=O)N1CC[C@@H]2[C@H]1[C@@H](COC1=CC(F)=C(F)CC1)CN2C(=O)OCc1ccccc1. The highest BCUT2D eigenvalue weighted by Gasteiger charge is 2.54. The fraction of sp³-hybridized carbons (Fsp3) is 0.568. The van der Waals surface area contributed by atoms with Crippen molar-refractivity contribution in [1.82, 2.24) is 20.0 Å². The summed E-state index contributed by atoms with van der Waals surface area (Å²) in [5.74, 6) is -0.756. The van der Waals surface area contributed by atoms with Gasteiger partial charge in [-0.3, -0.25) is 14.5 Å². The van der Waals surface area contributed by atoms with E-state index in [1.54, 1.807) is 37.5 Å². The molecule has 4 rings (SSSR count). The number of carbonyl (C=O) groups excluding carboxylic acids is 4. The van der Waals surface area contributed by atoms with Gasteiger partial charge in [0.1, 0.15) is 36.7 Å². The lowest BCUT2D eigenvalue weighted by atomic mass is 9.99. The van der Waals surface area contributed by atoms with Gasteiger partial charge in [-0.1, -0.05) is 36.3 Å². The van der Waals surface area contributed by atoms with Gasteiger partial charge in [-0.05, 0) is 46.6 Å². The number of hydrogen-bond acceptors (Lipinski definition) is 8. The molecule has 2 fully saturated rings. The molecule has 2 aliphatic heterocycles. The first-order valence-corrected chi connectivity index (χ1v) is 17.1. The van der Waals surface area contributed by atoms with E-state index in [-0.39, 0.29) is 51.5 Å². The zero-order chi connectivity index (χ0) is 37.5. The van der Waals surface area contributed by atoms with E-state index in [1.165, 1.54) is 14.0 Å². The van der Waals surface area contributed by atoms with Crippen molar-refractivity contribution in [3.8, 4) is 12.3 Å². The molecule has 1 aromatic carbocycles. The molecule has 12 nitrogen and oxygen atoms in total. The Morgan fingerprint density at radius 2 is 1.80 bits per heavy atom. The third-order valence-corrected chi connectivity index (χ3v) is 9.18. The van der Waals surface area contributed by atoms with E-state index >= 15 is 0 Å². The van der Waals surface area contributed by atoms with Gasteiger partial charge in [-0.2, -0.15) is 0 Å². The molecule has 0 bridgehead atoms. The highest BCUT2D eigenvalue weighted by atomic mass is 19.2. The fourth-order valence-electron chi connectivity index (χ4n) is 6.37. The van der Waals surface area contributed by atoms with Crippen LogP contribution in [0.4, 0.5) is 18.4 Å². The summed E-state index contributed by atoms with van der Waals surface area (Å²) in [4.78, 5) is 58.4. The third kappa shape index (κ3) is 10.00. The Kier molecular flexibility index (Phi) is 13.1. The largest absolute Gasteiger partial charge is 0.497 e. The lowest BCUT2D eigenvalue weighted by Gasteiger charge is -2.35. The first kappa shape index (κ1) is 39.2. The number of hydrogen-bond donors (Lipinski definition) is 1. The molecule has 6 atom stereocenters. The highest BCUT2D eigenvalue weighted by molar-refractivity contribution is 5.92. The van der Waals surface area contributed by atoms with E-state index < -0.39 is 77.4 Å². The molecule has 0 spiro atoms. The molecule has 0 saturated carbocycles. The quantitative estimate of drug-likeness (QED) is 0.305. The minimum absolute atomic E-state index is 0.00599. The van der Waals surface area contributed by atoms with Gasteiger partial charge in [0, 0.05) is 45.0 Å². The molecule has 2 heterocycles. The molecule has 278 valence electrons. The van der Waals surface area contributed by atoms with Gasteiger partial charge < -0.3 is 34.1 Å². The number of benzene rings is 1. The van der Waals surface area contributed by atoms with Crippen LogP contribution in [-0.4, -0.2) is 108 Å². The molecule has 1 aliphatic carbocycles. The number of likely N-dealkylation sites (tertiary alicyclic amines) is 2. The number of halogens is 2. The van der Waals surface area contributed by atoms with Crippen LogP contribution >= 0.6 is 0 Å². The number of rotatable bonds is 12. The van der Waals surface area contributed by atoms with E-state index in [9.17, 15) is 28.0 Å². The molecule has 1 N–H and O–H groups in total. The van der Waals surface area contributed by atoms with Crippen LogP contribution in [0.3, 0.4) is 0 Å². The Labute approximate surface area is 298 Å². The van der Waals surface area contributed by atoms with Crippen LogP contribution in [0.5, 0.6) is 0 Å². The first-order valence-electron chi connectivity index (χ1n) is 17.1. The van der Waals surface area contributed by atoms with Gasteiger partial charge in [0.05, 0.1) is 30.6 Å². The third-order valence-electron chi connectivity index (χ3n) is 9.18. The molecular weight excluding hydrogens is 666 g/mol. The number of likely N-dealkylation sites (N-methyl/N-ethyl adjacent to an activating group) is 1. The van der Waals surface area contributed by atoms with Gasteiger partial charge in [-0.15, -0.1) is 6.42 Å². The molecule has 14 heteroatoms. The second-order valence-corrected chi connectivity index (χ2v) is 14.0. The van der Waals surface area contributed by atoms with Crippen LogP contribution in [0.25, 0.3) is 0 Å². The maximum absolute atomic E-state index is 14.5. The zero-order valence-corrected chi connectivity index (χ0v) is 30.0. The first-order chi connectivity index (χ1) is 24.1. The molecule has 0 unspecified atom stereocenters. The monoisotopic (exact) mass is 714 g/mol. The average Bonchev–Trinajstić information content (AvgIpc) is 3.69. The molecule has 3 aliphatic rings. The predicted octanol–water partition coefficient (Wildman–Crippen LogP) is 4.85. The summed E-state index contributed by atoms with van der Waals surface area (Å²) in [5.41, 5.74) is 0.0179. The number of nitrogens with one attached hydrogen (secondary N) is 1. The number of amides is 4. The number of fused-ring (bicyclic) bond motifs is 1. The number of ether oxygens (including phenoxy) is 4. The lowest BCUT2D eigenvalue weighted by Crippen LogP contribution is -2.59. The molecule has 2 saturated heterocycles. The minimum atomic E-state index is -1.22. The van der Waals surface area contributed by atoms with Gasteiger partial charge in [-0.25, -0.2) is 18.4 Å². The van der Waals surface area contributed by atoms with Crippen molar-refractivity contribution in [2.75, 3.05) is 33.4 Å². The Morgan fingerprint density at radius 3 is 2.45 bits per heavy atom.